The van der Waals surface area contributed by atoms with Crippen LogP contribution in [0.5, 0.6) is 0 Å². The van der Waals surface area contributed by atoms with Crippen molar-refractivity contribution < 1.29 is 4.79 Å². The highest BCUT2D eigenvalue weighted by atomic mass is 127. The number of alkyl halides is 1. The molecular formula is C19H22IN5OS. The lowest BCUT2D eigenvalue weighted by molar-refractivity contribution is 0.0907. The van der Waals surface area contributed by atoms with Crippen LogP contribution < -0.4 is 10.6 Å². The summed E-state index contributed by atoms with van der Waals surface area (Å²) in [5, 5.41) is 17.8. The van der Waals surface area contributed by atoms with Crippen LogP contribution >= 0.6 is 33.9 Å². The van der Waals surface area contributed by atoms with Gasteiger partial charge in [0, 0.05) is 34.6 Å². The fourth-order valence-electron chi connectivity index (χ4n) is 3.62. The van der Waals surface area contributed by atoms with Crippen molar-refractivity contribution in [2.45, 2.75) is 25.8 Å². The predicted octanol–water partition coefficient (Wildman–Crippen LogP) is 3.53. The number of thiazole rings is 1. The van der Waals surface area contributed by atoms with Crippen molar-refractivity contribution in [3.63, 3.8) is 0 Å². The molecule has 3 N–H and O–H groups in total. The van der Waals surface area contributed by atoms with Gasteiger partial charge >= 0.3 is 0 Å². The summed E-state index contributed by atoms with van der Waals surface area (Å²) in [7, 11) is 0. The van der Waals surface area contributed by atoms with E-state index in [-0.39, 0.29) is 11.9 Å². The largest absolute Gasteiger partial charge is 0.346 e. The number of H-pyrrole nitrogens is 1. The van der Waals surface area contributed by atoms with Crippen LogP contribution in [0.1, 0.15) is 29.0 Å². The van der Waals surface area contributed by atoms with Gasteiger partial charge in [-0.3, -0.25) is 9.89 Å². The van der Waals surface area contributed by atoms with Gasteiger partial charge in [0.05, 0.1) is 5.52 Å². The van der Waals surface area contributed by atoms with Gasteiger partial charge in [0.2, 0.25) is 0 Å². The van der Waals surface area contributed by atoms with Crippen LogP contribution in [0, 0.1) is 12.8 Å². The number of fused-ring (bicyclic) bond motifs is 1. The second-order valence-corrected chi connectivity index (χ2v) is 8.87. The molecule has 0 radical (unpaired) electrons. The van der Waals surface area contributed by atoms with Crippen molar-refractivity contribution >= 4 is 50.7 Å². The highest BCUT2D eigenvalue weighted by Gasteiger charge is 2.27. The Kier molecular flexibility index (Phi) is 5.74. The second kappa shape index (κ2) is 8.24. The highest BCUT2D eigenvalue weighted by Crippen LogP contribution is 2.27. The molecule has 0 bridgehead atoms. The zero-order valence-corrected chi connectivity index (χ0v) is 18.1. The number of hydrogen-bond acceptors (Lipinski definition) is 5. The molecule has 0 saturated carbocycles. The third-order valence-corrected chi connectivity index (χ3v) is 6.70. The number of piperidine rings is 1. The van der Waals surface area contributed by atoms with E-state index in [2.05, 4.69) is 48.4 Å². The Balaban J connectivity index is 1.55. The van der Waals surface area contributed by atoms with Crippen LogP contribution in [0.3, 0.4) is 0 Å². The summed E-state index contributed by atoms with van der Waals surface area (Å²) in [5.74, 6) is 0.420. The van der Waals surface area contributed by atoms with Crippen molar-refractivity contribution in [1.29, 1.82) is 0 Å². The van der Waals surface area contributed by atoms with E-state index >= 15 is 0 Å². The minimum atomic E-state index is -0.105. The van der Waals surface area contributed by atoms with E-state index in [1.165, 1.54) is 0 Å². The summed E-state index contributed by atoms with van der Waals surface area (Å²) in [6.07, 6.45) is 2.23. The van der Waals surface area contributed by atoms with E-state index in [1.807, 2.05) is 30.5 Å². The summed E-state index contributed by atoms with van der Waals surface area (Å²) < 4.78 is 1.11. The number of halogens is 1. The topological polar surface area (TPSA) is 82.7 Å². The predicted molar refractivity (Wildman–Crippen MR) is 118 cm³/mol. The number of hydrogen-bond donors (Lipinski definition) is 3. The lowest BCUT2D eigenvalue weighted by Gasteiger charge is -2.32. The van der Waals surface area contributed by atoms with E-state index in [0.717, 1.165) is 57.5 Å². The molecule has 6 nitrogen and oxygen atoms in total. The first kappa shape index (κ1) is 18.8. The Hall–Kier alpha value is -1.52. The normalized spacial score (nSPS) is 20.1. The molecule has 8 heteroatoms. The van der Waals surface area contributed by atoms with Crippen LogP contribution in [-0.4, -0.2) is 44.6 Å². The maximum absolute atomic E-state index is 12.9. The van der Waals surface area contributed by atoms with E-state index < -0.39 is 0 Å². The van der Waals surface area contributed by atoms with Gasteiger partial charge in [-0.05, 0) is 48.8 Å². The molecule has 142 valence electrons. The minimum Gasteiger partial charge on any atom is -0.346 e. The molecule has 1 saturated heterocycles. The van der Waals surface area contributed by atoms with Gasteiger partial charge in [-0.15, -0.1) is 11.3 Å². The number of aromatic nitrogens is 3. The van der Waals surface area contributed by atoms with Crippen LogP contribution in [0.2, 0.25) is 0 Å². The zero-order chi connectivity index (χ0) is 18.8. The molecule has 1 amide bonds. The number of rotatable bonds is 5. The molecule has 1 aliphatic rings. The number of nitrogens with one attached hydrogen (secondary N) is 3. The van der Waals surface area contributed by atoms with E-state index in [0.29, 0.717) is 11.6 Å². The molecule has 1 fully saturated rings. The Morgan fingerprint density at radius 3 is 3.11 bits per heavy atom. The quantitative estimate of drug-likeness (QED) is 0.374. The SMILES string of the molecule is Cc1csc(-c2ccc3c(C(=O)N[C@H]4CNCCC4CCI)n[nH]c3c2)n1. The van der Waals surface area contributed by atoms with Crippen molar-refractivity contribution in [3.8, 4) is 10.6 Å². The molecule has 3 aromatic rings. The molecule has 2 atom stereocenters. The first-order chi connectivity index (χ1) is 13.2. The summed E-state index contributed by atoms with van der Waals surface area (Å²) in [4.78, 5) is 17.4. The van der Waals surface area contributed by atoms with Gasteiger partial charge in [0.25, 0.3) is 5.91 Å². The number of nitrogens with zero attached hydrogens (tertiary/aromatic N) is 2. The van der Waals surface area contributed by atoms with Gasteiger partial charge < -0.3 is 10.6 Å². The van der Waals surface area contributed by atoms with E-state index in [9.17, 15) is 4.79 Å². The second-order valence-electron chi connectivity index (χ2n) is 6.94. The van der Waals surface area contributed by atoms with Gasteiger partial charge in [-0.1, -0.05) is 28.7 Å². The summed E-state index contributed by atoms with van der Waals surface area (Å²) in [6.45, 7) is 3.84. The third-order valence-electron chi connectivity index (χ3n) is 5.07. The Labute approximate surface area is 175 Å². The summed E-state index contributed by atoms with van der Waals surface area (Å²) in [5.41, 5.74) is 3.37. The van der Waals surface area contributed by atoms with Crippen molar-refractivity contribution in [2.24, 2.45) is 5.92 Å². The molecule has 3 heterocycles. The molecule has 4 rings (SSSR count). The Morgan fingerprint density at radius 2 is 2.33 bits per heavy atom. The average Bonchev–Trinajstić information content (AvgIpc) is 3.29. The number of benzene rings is 1. The molecular weight excluding hydrogens is 473 g/mol. The maximum Gasteiger partial charge on any atom is 0.272 e. The summed E-state index contributed by atoms with van der Waals surface area (Å²) >= 11 is 4.03. The number of carbonyl (C=O) groups is 1. The summed E-state index contributed by atoms with van der Waals surface area (Å²) in [6, 6.07) is 6.14. The third kappa shape index (κ3) is 4.02. The van der Waals surface area contributed by atoms with Gasteiger partial charge in [0.15, 0.2) is 5.69 Å². The van der Waals surface area contributed by atoms with Crippen LogP contribution in [-0.2, 0) is 0 Å². The molecule has 1 aliphatic heterocycles. The highest BCUT2D eigenvalue weighted by molar-refractivity contribution is 14.1. The average molecular weight is 495 g/mol. The molecule has 0 aliphatic carbocycles. The molecule has 1 unspecified atom stereocenters. The first-order valence-electron chi connectivity index (χ1n) is 9.14. The fourth-order valence-corrected chi connectivity index (χ4v) is 5.21. The number of carbonyl (C=O) groups excluding carboxylic acids is 1. The fraction of sp³-hybridized carbons (Fsp3) is 0.421. The molecule has 2 aromatic heterocycles. The number of aryl methyl sites for hydroxylation is 1. The van der Waals surface area contributed by atoms with Crippen molar-refractivity contribution in [3.05, 3.63) is 35.0 Å². The monoisotopic (exact) mass is 495 g/mol. The van der Waals surface area contributed by atoms with Crippen LogP contribution in [0.25, 0.3) is 21.5 Å². The minimum absolute atomic E-state index is 0.105. The maximum atomic E-state index is 12.9. The Morgan fingerprint density at radius 1 is 1.44 bits per heavy atom. The van der Waals surface area contributed by atoms with Gasteiger partial charge in [-0.2, -0.15) is 5.10 Å². The van der Waals surface area contributed by atoms with E-state index in [1.54, 1.807) is 11.3 Å². The standard InChI is InChI=1S/C19H22IN5OS/c1-11-10-27-19(22-11)13-2-3-14-15(8-13)24-25-17(14)18(26)23-16-9-21-7-5-12(16)4-6-20/h2-3,8,10,12,16,21H,4-7,9H2,1H3,(H,23,26)(H,24,25)/t12?,16-/m0/s1. The van der Waals surface area contributed by atoms with Crippen LogP contribution in [0.4, 0.5) is 0 Å². The number of aromatic amines is 1. The zero-order valence-electron chi connectivity index (χ0n) is 15.1. The lowest BCUT2D eigenvalue weighted by atomic mass is 9.90. The van der Waals surface area contributed by atoms with Crippen molar-refractivity contribution in [2.75, 3.05) is 17.5 Å². The van der Waals surface area contributed by atoms with Crippen molar-refractivity contribution in [1.82, 2.24) is 25.8 Å². The smallest absolute Gasteiger partial charge is 0.272 e. The first-order valence-corrected chi connectivity index (χ1v) is 11.5. The number of amides is 1. The molecule has 1 aromatic carbocycles. The van der Waals surface area contributed by atoms with E-state index in [4.69, 9.17) is 0 Å². The molecule has 27 heavy (non-hydrogen) atoms. The van der Waals surface area contributed by atoms with Gasteiger partial charge in [-0.25, -0.2) is 4.98 Å². The Bertz CT molecular complexity index is 951. The lowest BCUT2D eigenvalue weighted by Crippen LogP contribution is -2.51. The van der Waals surface area contributed by atoms with Crippen LogP contribution in [0.15, 0.2) is 23.6 Å². The molecule has 0 spiro atoms. The van der Waals surface area contributed by atoms with Gasteiger partial charge in [0.1, 0.15) is 5.01 Å².